The number of halogens is 3. The monoisotopic (exact) mass is 488 g/mol. The van der Waals surface area contributed by atoms with Crippen LogP contribution >= 0.6 is 0 Å². The number of carbonyl (C=O) groups is 1. The van der Waals surface area contributed by atoms with Crippen LogP contribution in [0, 0.1) is 12.8 Å². The molecule has 0 radical (unpaired) electrons. The van der Waals surface area contributed by atoms with Gasteiger partial charge in [-0.15, -0.1) is 0 Å². The SMILES string of the molecule is Cc1nc(NCc2cnn([C@@H](C)c3ccc(C(F)(F)F)nc3)c2)nc2c1NC(=O)[C@H](C(C)C)N2C. The summed E-state index contributed by atoms with van der Waals surface area (Å²) in [6.45, 7) is 8.00. The van der Waals surface area contributed by atoms with E-state index in [1.54, 1.807) is 10.9 Å². The van der Waals surface area contributed by atoms with Crippen molar-refractivity contribution in [1.82, 2.24) is 24.7 Å². The number of carbonyl (C=O) groups excluding carboxylic acids is 1. The molecule has 35 heavy (non-hydrogen) atoms. The highest BCUT2D eigenvalue weighted by molar-refractivity contribution is 6.03. The number of hydrogen-bond acceptors (Lipinski definition) is 7. The molecule has 2 N–H and O–H groups in total. The van der Waals surface area contributed by atoms with E-state index in [2.05, 4.69) is 30.7 Å². The van der Waals surface area contributed by atoms with Gasteiger partial charge in [-0.25, -0.2) is 4.98 Å². The molecule has 12 heteroatoms. The number of nitrogens with zero attached hydrogens (tertiary/aromatic N) is 6. The second-order valence-electron chi connectivity index (χ2n) is 8.95. The quantitative estimate of drug-likeness (QED) is 0.540. The lowest BCUT2D eigenvalue weighted by molar-refractivity contribution is -0.141. The van der Waals surface area contributed by atoms with E-state index in [9.17, 15) is 18.0 Å². The first-order valence-corrected chi connectivity index (χ1v) is 11.2. The molecule has 0 saturated carbocycles. The van der Waals surface area contributed by atoms with E-state index in [0.717, 1.165) is 11.6 Å². The topological polar surface area (TPSA) is 101 Å². The number of aromatic nitrogens is 5. The van der Waals surface area contributed by atoms with Crippen LogP contribution < -0.4 is 15.5 Å². The molecule has 9 nitrogen and oxygen atoms in total. The zero-order valence-corrected chi connectivity index (χ0v) is 20.1. The minimum absolute atomic E-state index is 0.0767. The summed E-state index contributed by atoms with van der Waals surface area (Å²) in [6, 6.07) is 1.75. The molecule has 186 valence electrons. The van der Waals surface area contributed by atoms with Crippen LogP contribution in [0.25, 0.3) is 0 Å². The van der Waals surface area contributed by atoms with Gasteiger partial charge in [0.1, 0.15) is 17.4 Å². The van der Waals surface area contributed by atoms with Crippen LogP contribution in [0.2, 0.25) is 0 Å². The number of anilines is 3. The fraction of sp³-hybridized carbons (Fsp3) is 0.435. The second-order valence-corrected chi connectivity index (χ2v) is 8.95. The van der Waals surface area contributed by atoms with Crippen LogP contribution in [0.1, 0.15) is 49.3 Å². The molecule has 1 amide bonds. The average Bonchev–Trinajstić information content (AvgIpc) is 3.26. The Morgan fingerprint density at radius 3 is 2.54 bits per heavy atom. The molecule has 0 saturated heterocycles. The average molecular weight is 489 g/mol. The molecule has 0 bridgehead atoms. The summed E-state index contributed by atoms with van der Waals surface area (Å²) < 4.78 is 40.0. The number of pyridine rings is 1. The molecule has 4 heterocycles. The lowest BCUT2D eigenvalue weighted by Gasteiger charge is -2.36. The second kappa shape index (κ2) is 9.16. The maximum Gasteiger partial charge on any atom is 0.433 e. The highest BCUT2D eigenvalue weighted by atomic mass is 19.4. The molecule has 3 aromatic rings. The van der Waals surface area contributed by atoms with Gasteiger partial charge in [-0.2, -0.15) is 23.3 Å². The van der Waals surface area contributed by atoms with E-state index >= 15 is 0 Å². The van der Waals surface area contributed by atoms with E-state index in [0.29, 0.717) is 35.3 Å². The lowest BCUT2D eigenvalue weighted by Crippen LogP contribution is -2.49. The predicted molar refractivity (Wildman–Crippen MR) is 125 cm³/mol. The first-order chi connectivity index (χ1) is 16.5. The molecule has 1 aliphatic heterocycles. The number of alkyl halides is 3. The van der Waals surface area contributed by atoms with Crippen LogP contribution in [-0.4, -0.2) is 43.7 Å². The number of likely N-dealkylation sites (N-methyl/N-ethyl adjacent to an activating group) is 1. The highest BCUT2D eigenvalue weighted by Crippen LogP contribution is 2.34. The van der Waals surface area contributed by atoms with Gasteiger partial charge in [-0.1, -0.05) is 19.9 Å². The number of amides is 1. The normalized spacial score (nSPS) is 16.8. The van der Waals surface area contributed by atoms with Crippen molar-refractivity contribution in [2.24, 2.45) is 5.92 Å². The third kappa shape index (κ3) is 4.91. The Hall–Kier alpha value is -3.70. The highest BCUT2D eigenvalue weighted by Gasteiger charge is 2.35. The third-order valence-corrected chi connectivity index (χ3v) is 6.03. The largest absolute Gasteiger partial charge is 0.433 e. The molecule has 0 unspecified atom stereocenters. The molecule has 0 aliphatic carbocycles. The molecular weight excluding hydrogens is 461 g/mol. The van der Waals surface area contributed by atoms with E-state index in [-0.39, 0.29) is 23.9 Å². The van der Waals surface area contributed by atoms with Crippen molar-refractivity contribution in [3.63, 3.8) is 0 Å². The molecule has 2 atom stereocenters. The molecular formula is C23H27F3N8O. The summed E-state index contributed by atoms with van der Waals surface area (Å²) in [5.74, 6) is 1.09. The Kier molecular flexibility index (Phi) is 6.39. The number of aryl methyl sites for hydroxylation is 1. The van der Waals surface area contributed by atoms with E-state index in [1.165, 1.54) is 12.3 Å². The van der Waals surface area contributed by atoms with Gasteiger partial charge in [-0.3, -0.25) is 14.5 Å². The zero-order chi connectivity index (χ0) is 25.5. The Morgan fingerprint density at radius 2 is 1.91 bits per heavy atom. The first-order valence-electron chi connectivity index (χ1n) is 11.2. The number of hydrogen-bond donors (Lipinski definition) is 2. The van der Waals surface area contributed by atoms with E-state index in [4.69, 9.17) is 0 Å². The fourth-order valence-electron chi connectivity index (χ4n) is 4.13. The molecule has 0 spiro atoms. The minimum Gasteiger partial charge on any atom is -0.350 e. The Labute approximate surface area is 200 Å². The predicted octanol–water partition coefficient (Wildman–Crippen LogP) is 4.03. The van der Waals surface area contributed by atoms with Crippen LogP contribution in [0.4, 0.5) is 30.6 Å². The maximum absolute atomic E-state index is 12.8. The standard InChI is InChI=1S/C23H27F3N8O/c1-12(2)19-21(35)31-18-13(3)30-22(32-20(18)33(19)5)28-8-15-9-29-34(11-15)14(4)16-6-7-17(27-10-16)23(24,25)26/h6-7,9-12,14,19H,8H2,1-5H3,(H,31,35)(H,28,30,32)/t14-,19-/m0/s1. The van der Waals surface area contributed by atoms with Gasteiger partial charge in [0.15, 0.2) is 5.82 Å². The van der Waals surface area contributed by atoms with E-state index < -0.39 is 11.9 Å². The van der Waals surface area contributed by atoms with E-state index in [1.807, 2.05) is 45.8 Å². The van der Waals surface area contributed by atoms with Gasteiger partial charge in [0, 0.05) is 31.5 Å². The van der Waals surface area contributed by atoms with Crippen molar-refractivity contribution >= 4 is 23.4 Å². The van der Waals surface area contributed by atoms with Crippen molar-refractivity contribution in [2.75, 3.05) is 22.6 Å². The van der Waals surface area contributed by atoms with Crippen molar-refractivity contribution in [1.29, 1.82) is 0 Å². The molecule has 0 fully saturated rings. The minimum atomic E-state index is -4.47. The van der Waals surface area contributed by atoms with Crippen molar-refractivity contribution in [2.45, 2.75) is 52.5 Å². The number of nitrogens with one attached hydrogen (secondary N) is 2. The molecule has 0 aromatic carbocycles. The lowest BCUT2D eigenvalue weighted by atomic mass is 9.99. The Morgan fingerprint density at radius 1 is 1.17 bits per heavy atom. The van der Waals surface area contributed by atoms with Gasteiger partial charge in [0.05, 0.1) is 17.9 Å². The molecule has 3 aromatic heterocycles. The first kappa shape index (κ1) is 24.4. The van der Waals surface area contributed by atoms with Crippen LogP contribution in [0.3, 0.4) is 0 Å². The molecule has 4 rings (SSSR count). The fourth-order valence-corrected chi connectivity index (χ4v) is 4.13. The smallest absolute Gasteiger partial charge is 0.350 e. The Balaban J connectivity index is 1.46. The number of fused-ring (bicyclic) bond motifs is 1. The van der Waals surface area contributed by atoms with Gasteiger partial charge >= 0.3 is 6.18 Å². The summed E-state index contributed by atoms with van der Waals surface area (Å²) in [7, 11) is 1.85. The summed E-state index contributed by atoms with van der Waals surface area (Å²) in [5, 5.41) is 10.5. The summed E-state index contributed by atoms with van der Waals surface area (Å²) in [5.41, 5.74) is 1.78. The molecule has 1 aliphatic rings. The van der Waals surface area contributed by atoms with Crippen LogP contribution in [0.5, 0.6) is 0 Å². The van der Waals surface area contributed by atoms with Gasteiger partial charge in [0.2, 0.25) is 11.9 Å². The summed E-state index contributed by atoms with van der Waals surface area (Å²) in [6.07, 6.45) is 0.227. The summed E-state index contributed by atoms with van der Waals surface area (Å²) >= 11 is 0. The van der Waals surface area contributed by atoms with Crippen LogP contribution in [0.15, 0.2) is 30.7 Å². The Bertz CT molecular complexity index is 1220. The zero-order valence-electron chi connectivity index (χ0n) is 20.1. The third-order valence-electron chi connectivity index (χ3n) is 6.03. The van der Waals surface area contributed by atoms with Crippen molar-refractivity contribution in [3.05, 3.63) is 53.2 Å². The van der Waals surface area contributed by atoms with Gasteiger partial charge in [0.25, 0.3) is 0 Å². The van der Waals surface area contributed by atoms with Gasteiger partial charge < -0.3 is 15.5 Å². The van der Waals surface area contributed by atoms with Crippen molar-refractivity contribution < 1.29 is 18.0 Å². The van der Waals surface area contributed by atoms with Gasteiger partial charge in [-0.05, 0) is 31.4 Å². The van der Waals surface area contributed by atoms with Crippen molar-refractivity contribution in [3.8, 4) is 0 Å². The maximum atomic E-state index is 12.8. The summed E-state index contributed by atoms with van der Waals surface area (Å²) in [4.78, 5) is 27.0. The number of rotatable bonds is 6. The van der Waals surface area contributed by atoms with Crippen LogP contribution in [-0.2, 0) is 17.5 Å².